The maximum Gasteiger partial charge on any atom is 0.0833 e. The molecular formula is C9H18O2. The Morgan fingerprint density at radius 2 is 2.36 bits per heavy atom. The molecule has 3 unspecified atom stereocenters. The molecule has 1 aliphatic heterocycles. The molecule has 0 spiro atoms. The molecule has 0 aromatic carbocycles. The summed E-state index contributed by atoms with van der Waals surface area (Å²) in [6.45, 7) is 4.84. The van der Waals surface area contributed by atoms with Crippen molar-refractivity contribution in [3.63, 3.8) is 0 Å². The van der Waals surface area contributed by atoms with E-state index >= 15 is 0 Å². The van der Waals surface area contributed by atoms with E-state index in [2.05, 4.69) is 6.92 Å². The topological polar surface area (TPSA) is 29.5 Å². The number of rotatable bonds is 2. The molecule has 0 aliphatic carbocycles. The van der Waals surface area contributed by atoms with E-state index in [0.29, 0.717) is 0 Å². The minimum atomic E-state index is -0.302. The smallest absolute Gasteiger partial charge is 0.0833 e. The summed E-state index contributed by atoms with van der Waals surface area (Å²) in [7, 11) is 0. The highest BCUT2D eigenvalue weighted by Gasteiger charge is 2.24. The van der Waals surface area contributed by atoms with Crippen LogP contribution in [0.25, 0.3) is 0 Å². The third kappa shape index (κ3) is 2.46. The lowest BCUT2D eigenvalue weighted by Gasteiger charge is -2.30. The molecule has 1 fully saturated rings. The summed E-state index contributed by atoms with van der Waals surface area (Å²) >= 11 is 0. The number of aliphatic hydroxyl groups excluding tert-OH is 1. The van der Waals surface area contributed by atoms with Crippen LogP contribution in [0.5, 0.6) is 0 Å². The molecule has 1 N–H and O–H groups in total. The summed E-state index contributed by atoms with van der Waals surface area (Å²) in [5.74, 6) is 0.767. The Morgan fingerprint density at radius 1 is 1.64 bits per heavy atom. The molecule has 2 nitrogen and oxygen atoms in total. The van der Waals surface area contributed by atoms with Gasteiger partial charge in [0.1, 0.15) is 0 Å². The molecule has 1 saturated heterocycles. The van der Waals surface area contributed by atoms with Gasteiger partial charge in [0, 0.05) is 6.61 Å². The van der Waals surface area contributed by atoms with Crippen molar-refractivity contribution >= 4 is 0 Å². The maximum atomic E-state index is 9.27. The second-order valence-electron chi connectivity index (χ2n) is 3.45. The Balaban J connectivity index is 2.33. The molecule has 11 heavy (non-hydrogen) atoms. The first kappa shape index (κ1) is 9.01. The van der Waals surface area contributed by atoms with Crippen LogP contribution in [0, 0.1) is 5.92 Å². The number of hydrogen-bond acceptors (Lipinski definition) is 2. The molecule has 0 aromatic heterocycles. The van der Waals surface area contributed by atoms with Crippen LogP contribution < -0.4 is 0 Å². The zero-order valence-electron chi connectivity index (χ0n) is 7.42. The lowest BCUT2D eigenvalue weighted by Crippen LogP contribution is -2.33. The average molecular weight is 158 g/mol. The van der Waals surface area contributed by atoms with Crippen molar-refractivity contribution in [2.45, 2.75) is 45.3 Å². The van der Waals surface area contributed by atoms with E-state index < -0.39 is 0 Å². The van der Waals surface area contributed by atoms with Gasteiger partial charge < -0.3 is 9.84 Å². The third-order valence-corrected chi connectivity index (χ3v) is 2.54. The van der Waals surface area contributed by atoms with Crippen molar-refractivity contribution in [3.8, 4) is 0 Å². The van der Waals surface area contributed by atoms with Gasteiger partial charge >= 0.3 is 0 Å². The molecule has 1 aliphatic rings. The molecule has 2 heteroatoms. The summed E-state index contributed by atoms with van der Waals surface area (Å²) in [4.78, 5) is 0. The molecule has 0 radical (unpaired) electrons. The third-order valence-electron chi connectivity index (χ3n) is 2.54. The van der Waals surface area contributed by atoms with Gasteiger partial charge in [-0.15, -0.1) is 0 Å². The largest absolute Gasteiger partial charge is 0.391 e. The molecule has 66 valence electrons. The van der Waals surface area contributed by atoms with Gasteiger partial charge in [-0.1, -0.05) is 13.3 Å². The highest BCUT2D eigenvalue weighted by Crippen LogP contribution is 2.24. The van der Waals surface area contributed by atoms with Crippen molar-refractivity contribution < 1.29 is 9.84 Å². The van der Waals surface area contributed by atoms with E-state index in [0.717, 1.165) is 18.9 Å². The van der Waals surface area contributed by atoms with Crippen molar-refractivity contribution in [3.05, 3.63) is 0 Å². The van der Waals surface area contributed by atoms with Crippen LogP contribution in [0.2, 0.25) is 0 Å². The van der Waals surface area contributed by atoms with Crippen LogP contribution in [0.3, 0.4) is 0 Å². The van der Waals surface area contributed by atoms with Crippen LogP contribution in [0.15, 0.2) is 0 Å². The van der Waals surface area contributed by atoms with Crippen molar-refractivity contribution in [1.29, 1.82) is 0 Å². The van der Waals surface area contributed by atoms with Gasteiger partial charge in [-0.2, -0.15) is 0 Å². The van der Waals surface area contributed by atoms with Crippen molar-refractivity contribution in [1.82, 2.24) is 0 Å². The first-order chi connectivity index (χ1) is 5.24. The molecule has 1 rings (SSSR count). The van der Waals surface area contributed by atoms with Crippen LogP contribution in [0.4, 0.5) is 0 Å². The molecule has 3 atom stereocenters. The van der Waals surface area contributed by atoms with Crippen molar-refractivity contribution in [2.75, 3.05) is 6.61 Å². The van der Waals surface area contributed by atoms with E-state index in [4.69, 9.17) is 4.74 Å². The molecule has 0 bridgehead atoms. The van der Waals surface area contributed by atoms with Crippen LogP contribution in [0.1, 0.15) is 33.1 Å². The normalized spacial score (nSPS) is 35.2. The summed E-state index contributed by atoms with van der Waals surface area (Å²) in [5, 5.41) is 9.27. The Hall–Kier alpha value is -0.0800. The lowest BCUT2D eigenvalue weighted by atomic mass is 9.91. The van der Waals surface area contributed by atoms with E-state index in [1.807, 2.05) is 6.92 Å². The van der Waals surface area contributed by atoms with Gasteiger partial charge in [-0.05, 0) is 25.7 Å². The Kier molecular flexibility index (Phi) is 3.34. The summed E-state index contributed by atoms with van der Waals surface area (Å²) in [6.07, 6.45) is 3.21. The highest BCUT2D eigenvalue weighted by atomic mass is 16.5. The van der Waals surface area contributed by atoms with Crippen LogP contribution in [-0.4, -0.2) is 23.9 Å². The van der Waals surface area contributed by atoms with E-state index in [1.54, 1.807) is 0 Å². The van der Waals surface area contributed by atoms with Gasteiger partial charge in [0.2, 0.25) is 0 Å². The zero-order valence-corrected chi connectivity index (χ0v) is 7.42. The standard InChI is InChI=1S/C9H18O2/c1-3-8-4-5-11-9(6-8)7(2)10/h7-10H,3-6H2,1-2H3. The molecule has 1 heterocycles. The molecular weight excluding hydrogens is 140 g/mol. The molecule has 0 amide bonds. The summed E-state index contributed by atoms with van der Waals surface area (Å²) < 4.78 is 5.42. The number of ether oxygens (including phenoxy) is 1. The van der Waals surface area contributed by atoms with Crippen LogP contribution in [-0.2, 0) is 4.74 Å². The predicted octanol–water partition coefficient (Wildman–Crippen LogP) is 1.57. The fraction of sp³-hybridized carbons (Fsp3) is 1.00. The van der Waals surface area contributed by atoms with Crippen molar-refractivity contribution in [2.24, 2.45) is 5.92 Å². The van der Waals surface area contributed by atoms with E-state index in [-0.39, 0.29) is 12.2 Å². The van der Waals surface area contributed by atoms with Crippen LogP contribution >= 0.6 is 0 Å². The zero-order chi connectivity index (χ0) is 8.27. The van der Waals surface area contributed by atoms with Gasteiger partial charge in [-0.3, -0.25) is 0 Å². The number of aliphatic hydroxyl groups is 1. The van der Waals surface area contributed by atoms with E-state index in [9.17, 15) is 5.11 Å². The summed E-state index contributed by atoms with van der Waals surface area (Å²) in [6, 6.07) is 0. The fourth-order valence-corrected chi connectivity index (χ4v) is 1.61. The first-order valence-electron chi connectivity index (χ1n) is 4.53. The predicted molar refractivity (Wildman–Crippen MR) is 44.4 cm³/mol. The monoisotopic (exact) mass is 158 g/mol. The Morgan fingerprint density at radius 3 is 2.91 bits per heavy atom. The fourth-order valence-electron chi connectivity index (χ4n) is 1.61. The van der Waals surface area contributed by atoms with Gasteiger partial charge in [0.25, 0.3) is 0 Å². The highest BCUT2D eigenvalue weighted by molar-refractivity contribution is 4.74. The second kappa shape index (κ2) is 4.07. The van der Waals surface area contributed by atoms with Gasteiger partial charge in [-0.25, -0.2) is 0 Å². The minimum absolute atomic E-state index is 0.0914. The average Bonchev–Trinajstić information content (AvgIpc) is 2.05. The van der Waals surface area contributed by atoms with Gasteiger partial charge in [0.05, 0.1) is 12.2 Å². The SMILES string of the molecule is CCC1CCOC(C(C)O)C1. The number of hydrogen-bond donors (Lipinski definition) is 1. The minimum Gasteiger partial charge on any atom is -0.391 e. The Labute approximate surface area is 68.6 Å². The molecule has 0 aromatic rings. The Bertz CT molecular complexity index is 112. The lowest BCUT2D eigenvalue weighted by molar-refractivity contribution is -0.0716. The maximum absolute atomic E-state index is 9.27. The first-order valence-corrected chi connectivity index (χ1v) is 4.53. The second-order valence-corrected chi connectivity index (χ2v) is 3.45. The quantitative estimate of drug-likeness (QED) is 0.661. The van der Waals surface area contributed by atoms with E-state index in [1.165, 1.54) is 12.8 Å². The molecule has 0 saturated carbocycles. The van der Waals surface area contributed by atoms with Gasteiger partial charge in [0.15, 0.2) is 0 Å². The summed E-state index contributed by atoms with van der Waals surface area (Å²) in [5.41, 5.74) is 0.